The van der Waals surface area contributed by atoms with Crippen molar-refractivity contribution in [1.29, 1.82) is 0 Å². The smallest absolute Gasteiger partial charge is 0.270 e. The van der Waals surface area contributed by atoms with Crippen molar-refractivity contribution in [1.82, 2.24) is 15.3 Å². The van der Waals surface area contributed by atoms with Gasteiger partial charge >= 0.3 is 0 Å². The van der Waals surface area contributed by atoms with Gasteiger partial charge in [-0.2, -0.15) is 0 Å². The van der Waals surface area contributed by atoms with Crippen LogP contribution in [0.2, 0.25) is 0 Å². The first-order valence-electron chi connectivity index (χ1n) is 10.1. The van der Waals surface area contributed by atoms with E-state index in [9.17, 15) is 19.7 Å². The number of amides is 1. The van der Waals surface area contributed by atoms with Crippen LogP contribution in [0, 0.1) is 10.1 Å². The zero-order valence-electron chi connectivity index (χ0n) is 17.0. The highest BCUT2D eigenvalue weighted by Crippen LogP contribution is 2.33. The van der Waals surface area contributed by atoms with E-state index >= 15 is 0 Å². The van der Waals surface area contributed by atoms with Gasteiger partial charge in [-0.1, -0.05) is 0 Å². The van der Waals surface area contributed by atoms with Crippen molar-refractivity contribution in [2.75, 3.05) is 7.11 Å². The van der Waals surface area contributed by atoms with Gasteiger partial charge in [0, 0.05) is 42.0 Å². The molecule has 2 heterocycles. The van der Waals surface area contributed by atoms with Crippen molar-refractivity contribution in [3.8, 4) is 5.75 Å². The molecule has 31 heavy (non-hydrogen) atoms. The molecule has 4 rings (SSSR count). The second-order valence-electron chi connectivity index (χ2n) is 7.43. The predicted molar refractivity (Wildman–Crippen MR) is 117 cm³/mol. The number of methoxy groups -OCH3 is 1. The third kappa shape index (κ3) is 4.43. The number of aromatic amines is 1. The van der Waals surface area contributed by atoms with Crippen molar-refractivity contribution in [3.05, 3.63) is 60.5 Å². The van der Waals surface area contributed by atoms with E-state index in [0.717, 1.165) is 36.1 Å². The summed E-state index contributed by atoms with van der Waals surface area (Å²) in [6, 6.07) is 4.24. The van der Waals surface area contributed by atoms with Gasteiger partial charge in [0.05, 0.1) is 17.4 Å². The molecule has 1 amide bonds. The standard InChI is InChI=1S/C21H22N4O5S/c1-30-15-7-6-13(25(28)29)10-12(15)11-22-18(26)9-8-17-23-20(27)19-14-4-2-3-5-16(14)31-21(19)24-17/h6-7,10H,2-5,8-9,11H2,1H3,(H,22,26)(H,23,24,27). The van der Waals surface area contributed by atoms with E-state index in [1.54, 1.807) is 11.3 Å². The number of ether oxygens (including phenoxy) is 1. The van der Waals surface area contributed by atoms with Crippen LogP contribution in [0.25, 0.3) is 10.2 Å². The second-order valence-corrected chi connectivity index (χ2v) is 8.52. The quantitative estimate of drug-likeness (QED) is 0.428. The molecule has 3 aromatic rings. The van der Waals surface area contributed by atoms with Crippen molar-refractivity contribution in [2.24, 2.45) is 0 Å². The first kappa shape index (κ1) is 21.0. The molecular weight excluding hydrogens is 420 g/mol. The lowest BCUT2D eigenvalue weighted by atomic mass is 9.97. The molecule has 162 valence electrons. The van der Waals surface area contributed by atoms with Crippen LogP contribution in [-0.4, -0.2) is 27.9 Å². The number of H-pyrrole nitrogens is 1. The average Bonchev–Trinajstić information content (AvgIpc) is 3.14. The molecule has 0 bridgehead atoms. The fourth-order valence-corrected chi connectivity index (χ4v) is 5.14. The molecule has 0 saturated heterocycles. The third-order valence-electron chi connectivity index (χ3n) is 5.41. The SMILES string of the molecule is COc1ccc([N+](=O)[O-])cc1CNC(=O)CCc1nc2sc3c(c2c(=O)[nH]1)CCCC3. The maximum atomic E-state index is 12.6. The molecule has 1 aliphatic carbocycles. The van der Waals surface area contributed by atoms with Gasteiger partial charge in [-0.15, -0.1) is 11.3 Å². The number of hydrogen-bond acceptors (Lipinski definition) is 7. The van der Waals surface area contributed by atoms with Crippen molar-refractivity contribution < 1.29 is 14.5 Å². The van der Waals surface area contributed by atoms with Crippen molar-refractivity contribution >= 4 is 33.1 Å². The Morgan fingerprint density at radius 2 is 2.16 bits per heavy atom. The molecule has 0 fully saturated rings. The summed E-state index contributed by atoms with van der Waals surface area (Å²) in [6.45, 7) is 0.102. The van der Waals surface area contributed by atoms with Crippen LogP contribution in [0.15, 0.2) is 23.0 Å². The van der Waals surface area contributed by atoms with Gasteiger partial charge in [0.1, 0.15) is 16.4 Å². The molecule has 2 N–H and O–H groups in total. The summed E-state index contributed by atoms with van der Waals surface area (Å²) in [5.41, 5.74) is 1.44. The maximum absolute atomic E-state index is 12.6. The molecule has 1 aliphatic rings. The number of benzene rings is 1. The second kappa shape index (κ2) is 8.84. The van der Waals surface area contributed by atoms with Crippen molar-refractivity contribution in [3.63, 3.8) is 0 Å². The first-order valence-corrected chi connectivity index (χ1v) is 10.9. The van der Waals surface area contributed by atoms with E-state index in [2.05, 4.69) is 15.3 Å². The number of nitro benzene ring substituents is 1. The Balaban J connectivity index is 1.41. The highest BCUT2D eigenvalue weighted by Gasteiger charge is 2.20. The number of carbonyl (C=O) groups is 1. The van der Waals surface area contributed by atoms with E-state index in [1.165, 1.54) is 30.2 Å². The Kier molecular flexibility index (Phi) is 5.99. The Labute approximate surface area is 181 Å². The molecule has 2 aromatic heterocycles. The summed E-state index contributed by atoms with van der Waals surface area (Å²) >= 11 is 1.58. The zero-order chi connectivity index (χ0) is 22.0. The molecule has 1 aromatic carbocycles. The van der Waals surface area contributed by atoms with Gasteiger partial charge in [-0.25, -0.2) is 4.98 Å². The van der Waals surface area contributed by atoms with Gasteiger partial charge in [0.15, 0.2) is 0 Å². The summed E-state index contributed by atoms with van der Waals surface area (Å²) < 4.78 is 5.21. The van der Waals surface area contributed by atoms with Crippen LogP contribution in [0.3, 0.4) is 0 Å². The predicted octanol–water partition coefficient (Wildman–Crippen LogP) is 3.03. The lowest BCUT2D eigenvalue weighted by Crippen LogP contribution is -2.24. The minimum Gasteiger partial charge on any atom is -0.496 e. The van der Waals surface area contributed by atoms with E-state index < -0.39 is 4.92 Å². The number of carbonyl (C=O) groups excluding carboxylic acids is 1. The Bertz CT molecular complexity index is 1220. The molecule has 0 aliphatic heterocycles. The number of hydrogen-bond donors (Lipinski definition) is 2. The summed E-state index contributed by atoms with van der Waals surface area (Å²) in [4.78, 5) is 44.8. The number of fused-ring (bicyclic) bond motifs is 3. The number of non-ortho nitro benzene ring substituents is 1. The minimum absolute atomic E-state index is 0.0706. The summed E-state index contributed by atoms with van der Waals surface area (Å²) in [7, 11) is 1.47. The number of nitro groups is 1. The van der Waals surface area contributed by atoms with Gasteiger partial charge < -0.3 is 15.0 Å². The summed E-state index contributed by atoms with van der Waals surface area (Å²) in [5.74, 6) is 0.699. The van der Waals surface area contributed by atoms with Crippen LogP contribution in [0.4, 0.5) is 5.69 Å². The first-order chi connectivity index (χ1) is 15.0. The fourth-order valence-electron chi connectivity index (χ4n) is 3.86. The third-order valence-corrected chi connectivity index (χ3v) is 6.60. The molecule has 0 radical (unpaired) electrons. The Morgan fingerprint density at radius 1 is 1.35 bits per heavy atom. The summed E-state index contributed by atoms with van der Waals surface area (Å²) in [6.07, 6.45) is 4.58. The van der Waals surface area contributed by atoms with Crippen molar-refractivity contribution in [2.45, 2.75) is 45.1 Å². The number of nitrogens with one attached hydrogen (secondary N) is 2. The number of aromatic nitrogens is 2. The number of thiophene rings is 1. The number of rotatable bonds is 7. The zero-order valence-corrected chi connectivity index (χ0v) is 17.8. The molecule has 0 spiro atoms. The molecule has 9 nitrogen and oxygen atoms in total. The van der Waals surface area contributed by atoms with Crippen LogP contribution < -0.4 is 15.6 Å². The fraction of sp³-hybridized carbons (Fsp3) is 0.381. The minimum atomic E-state index is -0.495. The Morgan fingerprint density at radius 3 is 2.94 bits per heavy atom. The average molecular weight is 442 g/mol. The summed E-state index contributed by atoms with van der Waals surface area (Å²) in [5, 5.41) is 14.4. The van der Waals surface area contributed by atoms with Crippen LogP contribution in [0.1, 0.15) is 41.1 Å². The normalized spacial score (nSPS) is 13.1. The number of aryl methyl sites for hydroxylation is 3. The van der Waals surface area contributed by atoms with Crippen LogP contribution in [0.5, 0.6) is 5.75 Å². The lowest BCUT2D eigenvalue weighted by Gasteiger charge is -2.10. The van der Waals surface area contributed by atoms with Crippen LogP contribution >= 0.6 is 11.3 Å². The molecule has 0 atom stereocenters. The molecule has 0 saturated carbocycles. The van der Waals surface area contributed by atoms with E-state index in [-0.39, 0.29) is 30.1 Å². The van der Waals surface area contributed by atoms with Gasteiger partial charge in [0.2, 0.25) is 5.91 Å². The topological polar surface area (TPSA) is 127 Å². The van der Waals surface area contributed by atoms with E-state index in [1.807, 2.05) is 0 Å². The van der Waals surface area contributed by atoms with E-state index in [0.29, 0.717) is 28.9 Å². The van der Waals surface area contributed by atoms with Gasteiger partial charge in [-0.05, 0) is 37.3 Å². The Hall–Kier alpha value is -3.27. The number of nitrogens with zero attached hydrogens (tertiary/aromatic N) is 2. The van der Waals surface area contributed by atoms with Gasteiger partial charge in [0.25, 0.3) is 11.2 Å². The van der Waals surface area contributed by atoms with Crippen LogP contribution in [-0.2, 0) is 30.6 Å². The van der Waals surface area contributed by atoms with E-state index in [4.69, 9.17) is 4.74 Å². The highest BCUT2D eigenvalue weighted by atomic mass is 32.1. The largest absolute Gasteiger partial charge is 0.496 e. The monoisotopic (exact) mass is 442 g/mol. The highest BCUT2D eigenvalue weighted by molar-refractivity contribution is 7.18. The molecular formula is C21H22N4O5S. The lowest BCUT2D eigenvalue weighted by molar-refractivity contribution is -0.384. The maximum Gasteiger partial charge on any atom is 0.270 e. The molecule has 10 heteroatoms. The molecule has 0 unspecified atom stereocenters. The van der Waals surface area contributed by atoms with Gasteiger partial charge in [-0.3, -0.25) is 19.7 Å².